The molecule has 20 heavy (non-hydrogen) atoms. The van der Waals surface area contributed by atoms with E-state index in [1.54, 1.807) is 0 Å². The van der Waals surface area contributed by atoms with E-state index in [-0.39, 0.29) is 0 Å². The monoisotopic (exact) mass is 279 g/mol. The second-order valence-electron chi connectivity index (χ2n) is 5.45. The van der Waals surface area contributed by atoms with Crippen molar-refractivity contribution in [1.82, 2.24) is 5.32 Å². The van der Waals surface area contributed by atoms with Crippen LogP contribution < -0.4 is 14.8 Å². The van der Waals surface area contributed by atoms with Crippen LogP contribution in [-0.2, 0) is 11.3 Å². The maximum absolute atomic E-state index is 5.57. The minimum atomic E-state index is 0.633. The first-order valence-corrected chi connectivity index (χ1v) is 7.42. The van der Waals surface area contributed by atoms with Gasteiger partial charge in [-0.2, -0.15) is 0 Å². The maximum atomic E-state index is 5.57. The van der Waals surface area contributed by atoms with Gasteiger partial charge in [0.05, 0.1) is 6.61 Å². The lowest BCUT2D eigenvalue weighted by Gasteiger charge is -2.19. The number of rotatable bonds is 8. The molecule has 0 saturated heterocycles. The third-order valence-electron chi connectivity index (χ3n) is 3.20. The standard InChI is InChI=1S/C16H25NO3/c1-13(2)5-7-18-8-6-17-12-14-3-4-15-16(11-14)20-10-9-19-15/h3-4,11,13,17H,5-10,12H2,1-2H3. The fraction of sp³-hybridized carbons (Fsp3) is 0.625. The van der Waals surface area contributed by atoms with Crippen LogP contribution in [0.25, 0.3) is 0 Å². The number of hydrogen-bond donors (Lipinski definition) is 1. The Hall–Kier alpha value is -1.26. The Kier molecular flexibility index (Phi) is 6.15. The summed E-state index contributed by atoms with van der Waals surface area (Å²) in [5, 5.41) is 3.38. The fourth-order valence-electron chi connectivity index (χ4n) is 2.00. The molecule has 0 aromatic heterocycles. The minimum absolute atomic E-state index is 0.633. The van der Waals surface area contributed by atoms with Gasteiger partial charge in [0.15, 0.2) is 11.5 Å². The molecule has 0 aliphatic carbocycles. The fourth-order valence-corrected chi connectivity index (χ4v) is 2.00. The van der Waals surface area contributed by atoms with Crippen LogP contribution in [0, 0.1) is 5.92 Å². The van der Waals surface area contributed by atoms with Crippen LogP contribution in [0.5, 0.6) is 11.5 Å². The Labute approximate surface area is 121 Å². The summed E-state index contributed by atoms with van der Waals surface area (Å²) in [6.07, 6.45) is 1.13. The van der Waals surface area contributed by atoms with E-state index in [9.17, 15) is 0 Å². The Balaban J connectivity index is 1.62. The molecule has 0 unspecified atom stereocenters. The van der Waals surface area contributed by atoms with Gasteiger partial charge >= 0.3 is 0 Å². The van der Waals surface area contributed by atoms with Crippen molar-refractivity contribution in [2.45, 2.75) is 26.8 Å². The Morgan fingerprint density at radius 2 is 1.95 bits per heavy atom. The van der Waals surface area contributed by atoms with Crippen LogP contribution in [0.1, 0.15) is 25.8 Å². The summed E-state index contributed by atoms with van der Waals surface area (Å²) in [7, 11) is 0. The normalized spacial score (nSPS) is 13.8. The lowest BCUT2D eigenvalue weighted by molar-refractivity contribution is 0.125. The third kappa shape index (κ3) is 5.02. The summed E-state index contributed by atoms with van der Waals surface area (Å²) in [4.78, 5) is 0. The number of fused-ring (bicyclic) bond motifs is 1. The average molecular weight is 279 g/mol. The van der Waals surface area contributed by atoms with E-state index in [0.29, 0.717) is 19.1 Å². The van der Waals surface area contributed by atoms with Crippen LogP contribution in [-0.4, -0.2) is 33.0 Å². The van der Waals surface area contributed by atoms with Crippen molar-refractivity contribution >= 4 is 0 Å². The van der Waals surface area contributed by atoms with Crippen molar-refractivity contribution in [1.29, 1.82) is 0 Å². The second-order valence-corrected chi connectivity index (χ2v) is 5.45. The molecule has 4 heteroatoms. The van der Waals surface area contributed by atoms with E-state index in [2.05, 4.69) is 25.2 Å². The molecule has 1 aromatic carbocycles. The van der Waals surface area contributed by atoms with Gasteiger partial charge in [-0.3, -0.25) is 0 Å². The summed E-state index contributed by atoms with van der Waals surface area (Å²) < 4.78 is 16.6. The zero-order chi connectivity index (χ0) is 14.2. The van der Waals surface area contributed by atoms with Crippen molar-refractivity contribution in [3.8, 4) is 11.5 Å². The second kappa shape index (κ2) is 8.12. The lowest BCUT2D eigenvalue weighted by Crippen LogP contribution is -2.20. The smallest absolute Gasteiger partial charge is 0.161 e. The topological polar surface area (TPSA) is 39.7 Å². The summed E-state index contributed by atoms with van der Waals surface area (Å²) in [5.41, 5.74) is 1.21. The molecule has 1 heterocycles. The van der Waals surface area contributed by atoms with Gasteiger partial charge in [0.1, 0.15) is 13.2 Å². The quantitative estimate of drug-likeness (QED) is 0.743. The average Bonchev–Trinajstić information content (AvgIpc) is 2.46. The van der Waals surface area contributed by atoms with Gasteiger partial charge < -0.3 is 19.5 Å². The highest BCUT2D eigenvalue weighted by molar-refractivity contribution is 5.43. The Morgan fingerprint density at radius 1 is 1.15 bits per heavy atom. The highest BCUT2D eigenvalue weighted by Gasteiger charge is 2.11. The van der Waals surface area contributed by atoms with Gasteiger partial charge in [0.2, 0.25) is 0 Å². The predicted molar refractivity (Wildman–Crippen MR) is 79.4 cm³/mol. The first kappa shape index (κ1) is 15.1. The van der Waals surface area contributed by atoms with Crippen LogP contribution in [0.2, 0.25) is 0 Å². The first-order valence-electron chi connectivity index (χ1n) is 7.42. The number of hydrogen-bond acceptors (Lipinski definition) is 4. The third-order valence-corrected chi connectivity index (χ3v) is 3.20. The van der Waals surface area contributed by atoms with E-state index < -0.39 is 0 Å². The minimum Gasteiger partial charge on any atom is -0.486 e. The van der Waals surface area contributed by atoms with Gasteiger partial charge in [0.25, 0.3) is 0 Å². The zero-order valence-corrected chi connectivity index (χ0v) is 12.5. The van der Waals surface area contributed by atoms with Gasteiger partial charge in [0, 0.05) is 19.7 Å². The molecule has 112 valence electrons. The van der Waals surface area contributed by atoms with E-state index in [4.69, 9.17) is 14.2 Å². The molecular weight excluding hydrogens is 254 g/mol. The molecule has 4 nitrogen and oxygen atoms in total. The predicted octanol–water partition coefficient (Wildman–Crippen LogP) is 2.61. The van der Waals surface area contributed by atoms with Crippen molar-refractivity contribution in [3.63, 3.8) is 0 Å². The largest absolute Gasteiger partial charge is 0.486 e. The van der Waals surface area contributed by atoms with Gasteiger partial charge in [-0.25, -0.2) is 0 Å². The van der Waals surface area contributed by atoms with Gasteiger partial charge in [-0.1, -0.05) is 19.9 Å². The van der Waals surface area contributed by atoms with Gasteiger partial charge in [-0.05, 0) is 30.0 Å². The molecule has 0 bridgehead atoms. The van der Waals surface area contributed by atoms with E-state index in [0.717, 1.165) is 44.2 Å². The zero-order valence-electron chi connectivity index (χ0n) is 12.5. The molecule has 0 atom stereocenters. The highest BCUT2D eigenvalue weighted by Crippen LogP contribution is 2.30. The molecule has 1 aliphatic heterocycles. The molecule has 0 spiro atoms. The molecule has 0 radical (unpaired) electrons. The highest BCUT2D eigenvalue weighted by atomic mass is 16.6. The van der Waals surface area contributed by atoms with Crippen molar-refractivity contribution in [2.75, 3.05) is 33.0 Å². The molecule has 0 fully saturated rings. The van der Waals surface area contributed by atoms with Gasteiger partial charge in [-0.15, -0.1) is 0 Å². The summed E-state index contributed by atoms with van der Waals surface area (Å²) in [6.45, 7) is 9.00. The molecule has 1 aromatic rings. The number of ether oxygens (including phenoxy) is 3. The lowest BCUT2D eigenvalue weighted by atomic mass is 10.1. The van der Waals surface area contributed by atoms with Crippen LogP contribution in [0.4, 0.5) is 0 Å². The Morgan fingerprint density at radius 3 is 2.75 bits per heavy atom. The van der Waals surface area contributed by atoms with E-state index in [1.165, 1.54) is 5.56 Å². The van der Waals surface area contributed by atoms with Crippen LogP contribution >= 0.6 is 0 Å². The molecule has 1 N–H and O–H groups in total. The van der Waals surface area contributed by atoms with Crippen molar-refractivity contribution in [2.24, 2.45) is 5.92 Å². The summed E-state index contributed by atoms with van der Waals surface area (Å²) in [5.74, 6) is 2.40. The summed E-state index contributed by atoms with van der Waals surface area (Å²) >= 11 is 0. The molecule has 0 saturated carbocycles. The van der Waals surface area contributed by atoms with Crippen molar-refractivity contribution in [3.05, 3.63) is 23.8 Å². The van der Waals surface area contributed by atoms with Crippen LogP contribution in [0.15, 0.2) is 18.2 Å². The molecule has 0 amide bonds. The maximum Gasteiger partial charge on any atom is 0.161 e. The molecule has 2 rings (SSSR count). The first-order chi connectivity index (χ1) is 9.75. The molecular formula is C16H25NO3. The number of benzene rings is 1. The van der Waals surface area contributed by atoms with Crippen molar-refractivity contribution < 1.29 is 14.2 Å². The number of nitrogens with one attached hydrogen (secondary N) is 1. The van der Waals surface area contributed by atoms with E-state index in [1.807, 2.05) is 12.1 Å². The SMILES string of the molecule is CC(C)CCOCCNCc1ccc2c(c1)OCCO2. The molecule has 1 aliphatic rings. The Bertz CT molecular complexity index is 407. The van der Waals surface area contributed by atoms with Crippen LogP contribution in [0.3, 0.4) is 0 Å². The van der Waals surface area contributed by atoms with E-state index >= 15 is 0 Å². The summed E-state index contributed by atoms with van der Waals surface area (Å²) in [6, 6.07) is 6.09.